The first-order chi connectivity index (χ1) is 5.96. The first-order valence-corrected chi connectivity index (χ1v) is 3.26. The van der Waals surface area contributed by atoms with E-state index in [0.717, 1.165) is 19.4 Å². The molecule has 0 spiro atoms. The van der Waals surface area contributed by atoms with Gasteiger partial charge < -0.3 is 9.84 Å². The molecule has 0 bridgehead atoms. The van der Waals surface area contributed by atoms with Crippen molar-refractivity contribution in [2.24, 2.45) is 0 Å². The molecule has 0 radical (unpaired) electrons. The predicted octanol–water partition coefficient (Wildman–Crippen LogP) is 1.81. The average molecular weight is 193 g/mol. The van der Waals surface area contributed by atoms with Crippen LogP contribution in [0.1, 0.15) is 5.69 Å². The van der Waals surface area contributed by atoms with Gasteiger partial charge in [-0.25, -0.2) is 4.98 Å². The van der Waals surface area contributed by atoms with E-state index in [1.165, 1.54) is 0 Å². The molecule has 0 aromatic carbocycles. The lowest BCUT2D eigenvalue weighted by molar-refractivity contribution is -0.142. The van der Waals surface area contributed by atoms with Crippen molar-refractivity contribution in [1.82, 2.24) is 4.98 Å². The summed E-state index contributed by atoms with van der Waals surface area (Å²) in [6, 6.07) is 1.02. The summed E-state index contributed by atoms with van der Waals surface area (Å²) in [6.45, 7) is 0. The average Bonchev–Trinajstić information content (AvgIpc) is 2.02. The van der Waals surface area contributed by atoms with Gasteiger partial charge in [0, 0.05) is 12.3 Å². The lowest BCUT2D eigenvalue weighted by Gasteiger charge is -2.10. The first kappa shape index (κ1) is 9.63. The van der Waals surface area contributed by atoms with Gasteiger partial charge in [0.25, 0.3) is 0 Å². The van der Waals surface area contributed by atoms with Crippen LogP contribution in [0.15, 0.2) is 12.3 Å². The Morgan fingerprint density at radius 1 is 1.46 bits per heavy atom. The van der Waals surface area contributed by atoms with Crippen LogP contribution in [-0.2, 0) is 6.18 Å². The standard InChI is InChI=1S/C7H6F3NO2/c1-13-5-4(12)2-3-11-6(5)7(8,9)10/h2-3H,1H3,(H,11,12). The maximum absolute atomic E-state index is 12.2. The minimum absolute atomic E-state index is 0.579. The van der Waals surface area contributed by atoms with E-state index in [9.17, 15) is 13.2 Å². The topological polar surface area (TPSA) is 42.4 Å². The molecule has 3 nitrogen and oxygen atoms in total. The molecule has 1 N–H and O–H groups in total. The number of aromatic nitrogens is 1. The summed E-state index contributed by atoms with van der Waals surface area (Å²) in [5, 5.41) is 8.99. The second-order valence-electron chi connectivity index (χ2n) is 2.21. The van der Waals surface area contributed by atoms with Gasteiger partial charge in [-0.15, -0.1) is 0 Å². The van der Waals surface area contributed by atoms with E-state index < -0.39 is 23.4 Å². The number of hydrogen-bond acceptors (Lipinski definition) is 3. The number of alkyl halides is 3. The number of rotatable bonds is 1. The van der Waals surface area contributed by atoms with E-state index in [2.05, 4.69) is 9.72 Å². The van der Waals surface area contributed by atoms with Crippen molar-refractivity contribution >= 4 is 0 Å². The highest BCUT2D eigenvalue weighted by Crippen LogP contribution is 2.38. The Kier molecular flexibility index (Phi) is 2.31. The minimum atomic E-state index is -4.62. The van der Waals surface area contributed by atoms with Crippen LogP contribution in [0.25, 0.3) is 0 Å². The van der Waals surface area contributed by atoms with Crippen LogP contribution < -0.4 is 4.74 Å². The number of hydrogen-bond donors (Lipinski definition) is 1. The normalized spacial score (nSPS) is 11.4. The van der Waals surface area contributed by atoms with E-state index in [1.807, 2.05) is 0 Å². The van der Waals surface area contributed by atoms with Gasteiger partial charge in [0.1, 0.15) is 0 Å². The molecule has 0 atom stereocenters. The molecule has 13 heavy (non-hydrogen) atoms. The van der Waals surface area contributed by atoms with E-state index in [-0.39, 0.29) is 0 Å². The van der Waals surface area contributed by atoms with E-state index in [0.29, 0.717) is 0 Å². The second-order valence-corrected chi connectivity index (χ2v) is 2.21. The van der Waals surface area contributed by atoms with Crippen molar-refractivity contribution in [2.45, 2.75) is 6.18 Å². The summed E-state index contributed by atoms with van der Waals surface area (Å²) in [5.74, 6) is -1.24. The molecular weight excluding hydrogens is 187 g/mol. The third-order valence-electron chi connectivity index (χ3n) is 1.36. The molecule has 0 unspecified atom stereocenters. The largest absolute Gasteiger partial charge is 0.504 e. The van der Waals surface area contributed by atoms with Crippen LogP contribution in [0, 0.1) is 0 Å². The van der Waals surface area contributed by atoms with Gasteiger partial charge in [-0.3, -0.25) is 0 Å². The highest BCUT2D eigenvalue weighted by atomic mass is 19.4. The summed E-state index contributed by atoms with van der Waals surface area (Å²) in [5.41, 5.74) is -1.23. The highest BCUT2D eigenvalue weighted by Gasteiger charge is 2.37. The van der Waals surface area contributed by atoms with Crippen molar-refractivity contribution < 1.29 is 23.0 Å². The number of halogens is 3. The van der Waals surface area contributed by atoms with Gasteiger partial charge in [0.05, 0.1) is 7.11 Å². The van der Waals surface area contributed by atoms with Crippen LogP contribution in [-0.4, -0.2) is 17.2 Å². The molecule has 0 amide bonds. The third kappa shape index (κ3) is 1.82. The molecule has 6 heteroatoms. The monoisotopic (exact) mass is 193 g/mol. The predicted molar refractivity (Wildman–Crippen MR) is 37.5 cm³/mol. The SMILES string of the molecule is COc1c(O)ccnc1C(F)(F)F. The van der Waals surface area contributed by atoms with Crippen LogP contribution >= 0.6 is 0 Å². The molecule has 0 saturated carbocycles. The molecule has 1 rings (SSSR count). The Labute approximate surface area is 71.8 Å². The lowest BCUT2D eigenvalue weighted by atomic mass is 10.3. The maximum atomic E-state index is 12.2. The Balaban J connectivity index is 3.29. The van der Waals surface area contributed by atoms with Crippen LogP contribution in [0.5, 0.6) is 11.5 Å². The van der Waals surface area contributed by atoms with Crippen molar-refractivity contribution in [1.29, 1.82) is 0 Å². The zero-order chi connectivity index (χ0) is 10.1. The molecule has 1 aromatic heterocycles. The number of aromatic hydroxyl groups is 1. The van der Waals surface area contributed by atoms with Crippen molar-refractivity contribution in [3.05, 3.63) is 18.0 Å². The summed E-state index contributed by atoms with van der Waals surface area (Å²) >= 11 is 0. The molecule has 0 aliphatic heterocycles. The van der Waals surface area contributed by atoms with Gasteiger partial charge in [-0.2, -0.15) is 13.2 Å². The van der Waals surface area contributed by atoms with E-state index in [1.54, 1.807) is 0 Å². The van der Waals surface area contributed by atoms with Crippen molar-refractivity contribution in [2.75, 3.05) is 7.11 Å². The van der Waals surface area contributed by atoms with Crippen LogP contribution in [0.2, 0.25) is 0 Å². The number of pyridine rings is 1. The highest BCUT2D eigenvalue weighted by molar-refractivity contribution is 5.42. The number of methoxy groups -OCH3 is 1. The van der Waals surface area contributed by atoms with Gasteiger partial charge in [0.15, 0.2) is 17.2 Å². The quantitative estimate of drug-likeness (QED) is 0.739. The fraction of sp³-hybridized carbons (Fsp3) is 0.286. The zero-order valence-electron chi connectivity index (χ0n) is 6.59. The maximum Gasteiger partial charge on any atom is 0.437 e. The number of nitrogens with zero attached hydrogens (tertiary/aromatic N) is 1. The van der Waals surface area contributed by atoms with Gasteiger partial charge >= 0.3 is 6.18 Å². The Morgan fingerprint density at radius 2 is 2.08 bits per heavy atom. The summed E-state index contributed by atoms with van der Waals surface area (Å²) in [7, 11) is 1.03. The molecule has 72 valence electrons. The molecule has 0 aliphatic carbocycles. The number of ether oxygens (including phenoxy) is 1. The van der Waals surface area contributed by atoms with Crippen molar-refractivity contribution in [3.63, 3.8) is 0 Å². The molecule has 0 aliphatic rings. The van der Waals surface area contributed by atoms with E-state index >= 15 is 0 Å². The molecule has 1 heterocycles. The van der Waals surface area contributed by atoms with Gasteiger partial charge in [0.2, 0.25) is 0 Å². The fourth-order valence-electron chi connectivity index (χ4n) is 0.841. The Morgan fingerprint density at radius 3 is 2.46 bits per heavy atom. The molecule has 1 aromatic rings. The van der Waals surface area contributed by atoms with Crippen LogP contribution in [0.3, 0.4) is 0 Å². The summed E-state index contributed by atoms with van der Waals surface area (Å²) in [6.07, 6.45) is -3.76. The fourth-order valence-corrected chi connectivity index (χ4v) is 0.841. The molecular formula is C7H6F3NO2. The summed E-state index contributed by atoms with van der Waals surface area (Å²) in [4.78, 5) is 3.07. The molecule has 0 saturated heterocycles. The van der Waals surface area contributed by atoms with Crippen LogP contribution in [0.4, 0.5) is 13.2 Å². The Hall–Kier alpha value is -1.46. The second kappa shape index (κ2) is 3.12. The third-order valence-corrected chi connectivity index (χ3v) is 1.36. The van der Waals surface area contributed by atoms with Gasteiger partial charge in [-0.05, 0) is 0 Å². The minimum Gasteiger partial charge on any atom is -0.504 e. The van der Waals surface area contributed by atoms with Crippen molar-refractivity contribution in [3.8, 4) is 11.5 Å². The van der Waals surface area contributed by atoms with E-state index in [4.69, 9.17) is 5.11 Å². The lowest BCUT2D eigenvalue weighted by Crippen LogP contribution is -2.09. The smallest absolute Gasteiger partial charge is 0.437 e. The Bertz CT molecular complexity index is 311. The first-order valence-electron chi connectivity index (χ1n) is 3.26. The van der Waals surface area contributed by atoms with Gasteiger partial charge in [-0.1, -0.05) is 0 Å². The zero-order valence-corrected chi connectivity index (χ0v) is 6.59. The molecule has 0 fully saturated rings. The summed E-state index contributed by atoms with van der Waals surface area (Å²) < 4.78 is 40.9.